The summed E-state index contributed by atoms with van der Waals surface area (Å²) in [6.45, 7) is 2.44. The third kappa shape index (κ3) is 4.25. The van der Waals surface area contributed by atoms with Crippen molar-refractivity contribution in [3.63, 3.8) is 0 Å². The van der Waals surface area contributed by atoms with E-state index < -0.39 is 0 Å². The Hall–Kier alpha value is -3.31. The normalized spacial score (nSPS) is 10.8. The van der Waals surface area contributed by atoms with Gasteiger partial charge in [-0.3, -0.25) is 9.89 Å². The molecule has 0 bridgehead atoms. The highest BCUT2D eigenvalue weighted by atomic mass is 35.5. The van der Waals surface area contributed by atoms with Crippen LogP contribution in [0.2, 0.25) is 5.02 Å². The molecule has 0 radical (unpaired) electrons. The van der Waals surface area contributed by atoms with E-state index in [1.165, 1.54) is 5.56 Å². The van der Waals surface area contributed by atoms with Crippen molar-refractivity contribution in [3.8, 4) is 5.75 Å². The van der Waals surface area contributed by atoms with Gasteiger partial charge in [-0.1, -0.05) is 48.9 Å². The zero-order valence-corrected chi connectivity index (χ0v) is 16.7. The summed E-state index contributed by atoms with van der Waals surface area (Å²) in [4.78, 5) is 12.6. The maximum absolute atomic E-state index is 12.6. The second-order valence-corrected chi connectivity index (χ2v) is 7.07. The Morgan fingerprint density at radius 2 is 1.90 bits per heavy atom. The molecule has 4 rings (SSSR count). The summed E-state index contributed by atoms with van der Waals surface area (Å²) in [7, 11) is 0. The second-order valence-electron chi connectivity index (χ2n) is 6.66. The molecule has 0 spiro atoms. The number of aromatic nitrogens is 2. The van der Waals surface area contributed by atoms with Crippen LogP contribution >= 0.6 is 11.6 Å². The van der Waals surface area contributed by atoms with Crippen molar-refractivity contribution in [2.75, 3.05) is 5.32 Å². The molecule has 146 valence electrons. The van der Waals surface area contributed by atoms with Crippen molar-refractivity contribution in [3.05, 3.63) is 88.4 Å². The van der Waals surface area contributed by atoms with Crippen molar-refractivity contribution in [2.24, 2.45) is 0 Å². The molecule has 0 aliphatic rings. The number of ether oxygens (including phenoxy) is 1. The average molecular weight is 406 g/mol. The highest BCUT2D eigenvalue weighted by molar-refractivity contribution is 6.31. The van der Waals surface area contributed by atoms with E-state index in [2.05, 4.69) is 22.4 Å². The number of nitrogens with one attached hydrogen (secondary N) is 2. The van der Waals surface area contributed by atoms with Gasteiger partial charge in [0, 0.05) is 21.5 Å². The number of fused-ring (bicyclic) bond motifs is 1. The first-order valence-corrected chi connectivity index (χ1v) is 9.76. The molecule has 0 fully saturated rings. The van der Waals surface area contributed by atoms with E-state index in [-0.39, 0.29) is 5.91 Å². The molecule has 1 aromatic heterocycles. The largest absolute Gasteiger partial charge is 0.489 e. The first-order chi connectivity index (χ1) is 14.1. The lowest BCUT2D eigenvalue weighted by atomic mass is 10.1. The Kier molecular flexibility index (Phi) is 5.49. The molecule has 29 heavy (non-hydrogen) atoms. The zero-order valence-electron chi connectivity index (χ0n) is 15.9. The van der Waals surface area contributed by atoms with Crippen LogP contribution in [0.15, 0.2) is 66.7 Å². The number of carbonyl (C=O) groups excluding carboxylic acids is 1. The Bertz CT molecular complexity index is 1150. The highest BCUT2D eigenvalue weighted by Gasteiger charge is 2.12. The average Bonchev–Trinajstić information content (AvgIpc) is 3.15. The second kappa shape index (κ2) is 8.37. The fourth-order valence-corrected chi connectivity index (χ4v) is 3.22. The number of halogens is 1. The van der Waals surface area contributed by atoms with Gasteiger partial charge in [0.2, 0.25) is 0 Å². The Labute approximate surface area is 173 Å². The predicted molar refractivity (Wildman–Crippen MR) is 116 cm³/mol. The van der Waals surface area contributed by atoms with Crippen LogP contribution in [0.25, 0.3) is 10.9 Å². The first kappa shape index (κ1) is 19.0. The maximum Gasteiger partial charge on any atom is 0.256 e. The number of aromatic amines is 1. The topological polar surface area (TPSA) is 67.0 Å². The molecule has 0 saturated carbocycles. The predicted octanol–water partition coefficient (Wildman–Crippen LogP) is 5.61. The molecule has 4 aromatic rings. The third-order valence-electron chi connectivity index (χ3n) is 4.74. The molecule has 2 N–H and O–H groups in total. The molecule has 0 saturated heterocycles. The molecule has 0 aliphatic heterocycles. The third-order valence-corrected chi connectivity index (χ3v) is 5.11. The SMILES string of the molecule is CCc1ccc(C(=O)Nc2n[nH]c3ccc(OCc4ccccc4Cl)cc23)cc1. The fourth-order valence-electron chi connectivity index (χ4n) is 3.03. The molecule has 3 aromatic carbocycles. The molecule has 1 heterocycles. The molecule has 0 unspecified atom stereocenters. The number of amides is 1. The van der Waals surface area contributed by atoms with Gasteiger partial charge >= 0.3 is 0 Å². The summed E-state index contributed by atoms with van der Waals surface area (Å²) in [5.74, 6) is 0.929. The van der Waals surface area contributed by atoms with Crippen LogP contribution in [0, 0.1) is 0 Å². The number of hydrogen-bond acceptors (Lipinski definition) is 3. The van der Waals surface area contributed by atoms with Crippen molar-refractivity contribution >= 4 is 34.2 Å². The molecule has 0 aliphatic carbocycles. The van der Waals surface area contributed by atoms with E-state index in [9.17, 15) is 4.79 Å². The summed E-state index contributed by atoms with van der Waals surface area (Å²) >= 11 is 6.19. The van der Waals surface area contributed by atoms with E-state index in [0.29, 0.717) is 28.8 Å². The van der Waals surface area contributed by atoms with Crippen molar-refractivity contribution in [1.82, 2.24) is 10.2 Å². The number of aryl methyl sites for hydroxylation is 1. The van der Waals surface area contributed by atoms with Gasteiger partial charge in [-0.05, 0) is 48.4 Å². The Morgan fingerprint density at radius 1 is 1.10 bits per heavy atom. The number of hydrogen-bond donors (Lipinski definition) is 2. The minimum absolute atomic E-state index is 0.205. The first-order valence-electron chi connectivity index (χ1n) is 9.38. The van der Waals surface area contributed by atoms with Crippen LogP contribution in [0.5, 0.6) is 5.75 Å². The highest BCUT2D eigenvalue weighted by Crippen LogP contribution is 2.27. The minimum atomic E-state index is -0.205. The molecular formula is C23H20ClN3O2. The van der Waals surface area contributed by atoms with Gasteiger partial charge in [-0.25, -0.2) is 0 Å². The van der Waals surface area contributed by atoms with Gasteiger partial charge in [-0.15, -0.1) is 0 Å². The monoisotopic (exact) mass is 405 g/mol. The van der Waals surface area contributed by atoms with Gasteiger partial charge in [0.25, 0.3) is 5.91 Å². The van der Waals surface area contributed by atoms with Crippen LogP contribution in [0.4, 0.5) is 5.82 Å². The van der Waals surface area contributed by atoms with Gasteiger partial charge < -0.3 is 10.1 Å². The van der Waals surface area contributed by atoms with Crippen LogP contribution < -0.4 is 10.1 Å². The van der Waals surface area contributed by atoms with E-state index in [4.69, 9.17) is 16.3 Å². The lowest BCUT2D eigenvalue weighted by molar-refractivity contribution is 0.102. The summed E-state index contributed by atoms with van der Waals surface area (Å²) in [5.41, 5.74) is 3.49. The molecule has 0 atom stereocenters. The van der Waals surface area contributed by atoms with Crippen molar-refractivity contribution in [1.29, 1.82) is 0 Å². The lowest BCUT2D eigenvalue weighted by Crippen LogP contribution is -2.12. The summed E-state index contributed by atoms with van der Waals surface area (Å²) in [6, 6.07) is 20.7. The van der Waals surface area contributed by atoms with Crippen molar-refractivity contribution in [2.45, 2.75) is 20.0 Å². The summed E-state index contributed by atoms with van der Waals surface area (Å²) < 4.78 is 5.88. The number of rotatable bonds is 6. The van der Waals surface area contributed by atoms with Gasteiger partial charge in [-0.2, -0.15) is 5.10 Å². The lowest BCUT2D eigenvalue weighted by Gasteiger charge is -2.08. The number of anilines is 1. The summed E-state index contributed by atoms with van der Waals surface area (Å²) in [5, 5.41) is 11.5. The van der Waals surface area contributed by atoms with Crippen LogP contribution in [0.1, 0.15) is 28.4 Å². The Balaban J connectivity index is 1.52. The zero-order chi connectivity index (χ0) is 20.2. The quantitative estimate of drug-likeness (QED) is 0.438. The minimum Gasteiger partial charge on any atom is -0.489 e. The molecule has 1 amide bonds. The molecular weight excluding hydrogens is 386 g/mol. The molecule has 5 nitrogen and oxygen atoms in total. The standard InChI is InChI=1S/C23H20ClN3O2/c1-2-15-7-9-16(10-8-15)23(28)25-22-19-13-18(11-12-21(19)26-27-22)29-14-17-5-3-4-6-20(17)24/h3-13H,2,14H2,1H3,(H2,25,26,27,28). The van der Waals surface area contributed by atoms with E-state index in [1.807, 2.05) is 66.7 Å². The van der Waals surface area contributed by atoms with Crippen LogP contribution in [-0.4, -0.2) is 16.1 Å². The van der Waals surface area contributed by atoms with Crippen molar-refractivity contribution < 1.29 is 9.53 Å². The van der Waals surface area contributed by atoms with E-state index in [1.54, 1.807) is 0 Å². The smallest absolute Gasteiger partial charge is 0.256 e. The maximum atomic E-state index is 12.6. The van der Waals surface area contributed by atoms with E-state index >= 15 is 0 Å². The fraction of sp³-hybridized carbons (Fsp3) is 0.130. The van der Waals surface area contributed by atoms with Crippen LogP contribution in [-0.2, 0) is 13.0 Å². The van der Waals surface area contributed by atoms with Crippen LogP contribution in [0.3, 0.4) is 0 Å². The van der Waals surface area contributed by atoms with Gasteiger partial charge in [0.1, 0.15) is 12.4 Å². The van der Waals surface area contributed by atoms with Gasteiger partial charge in [0.05, 0.1) is 5.52 Å². The number of nitrogens with zero attached hydrogens (tertiary/aromatic N) is 1. The number of carbonyl (C=O) groups is 1. The Morgan fingerprint density at radius 3 is 2.66 bits per heavy atom. The van der Waals surface area contributed by atoms with E-state index in [0.717, 1.165) is 22.9 Å². The number of H-pyrrole nitrogens is 1. The molecule has 6 heteroatoms. The summed E-state index contributed by atoms with van der Waals surface area (Å²) in [6.07, 6.45) is 0.933. The number of benzene rings is 3. The van der Waals surface area contributed by atoms with Gasteiger partial charge in [0.15, 0.2) is 5.82 Å².